The fourth-order valence-electron chi connectivity index (χ4n) is 3.59. The first-order chi connectivity index (χ1) is 8.83. The molecule has 0 spiro atoms. The minimum absolute atomic E-state index is 0.802. The van der Waals surface area contributed by atoms with Gasteiger partial charge in [0.15, 0.2) is 0 Å². The van der Waals surface area contributed by atoms with Crippen molar-refractivity contribution in [3.63, 3.8) is 0 Å². The molecule has 1 heterocycles. The summed E-state index contributed by atoms with van der Waals surface area (Å²) >= 11 is 4.50. The Kier molecular flexibility index (Phi) is 6.33. The van der Waals surface area contributed by atoms with Crippen LogP contribution in [0.5, 0.6) is 0 Å². The highest BCUT2D eigenvalue weighted by Crippen LogP contribution is 2.24. The summed E-state index contributed by atoms with van der Waals surface area (Å²) < 4.78 is 0. The van der Waals surface area contributed by atoms with Crippen LogP contribution in [0, 0.1) is 5.92 Å². The van der Waals surface area contributed by atoms with Crippen LogP contribution in [0.4, 0.5) is 0 Å². The monoisotopic (exact) mass is 270 g/mol. The largest absolute Gasteiger partial charge is 0.300 e. The van der Waals surface area contributed by atoms with E-state index in [1.807, 2.05) is 0 Å². The molecule has 2 nitrogen and oxygen atoms in total. The highest BCUT2D eigenvalue weighted by Gasteiger charge is 2.26. The molecule has 106 valence electrons. The second kappa shape index (κ2) is 7.76. The van der Waals surface area contributed by atoms with E-state index in [2.05, 4.69) is 29.4 Å². The third-order valence-corrected chi connectivity index (χ3v) is 5.24. The minimum Gasteiger partial charge on any atom is -0.300 e. The van der Waals surface area contributed by atoms with Crippen LogP contribution in [0.15, 0.2) is 0 Å². The van der Waals surface area contributed by atoms with E-state index in [1.165, 1.54) is 71.2 Å². The molecule has 0 aromatic carbocycles. The summed E-state index contributed by atoms with van der Waals surface area (Å²) in [5, 5.41) is 0. The Morgan fingerprint density at radius 2 is 1.78 bits per heavy atom. The van der Waals surface area contributed by atoms with Crippen molar-refractivity contribution in [3.05, 3.63) is 0 Å². The molecule has 2 rings (SSSR count). The smallest absolute Gasteiger partial charge is 0.0113 e. The predicted octanol–water partition coefficient (Wildman–Crippen LogP) is 2.89. The first kappa shape index (κ1) is 14.7. The van der Waals surface area contributed by atoms with Crippen LogP contribution in [0.25, 0.3) is 0 Å². The van der Waals surface area contributed by atoms with E-state index in [0.717, 1.165) is 17.7 Å². The van der Waals surface area contributed by atoms with Crippen molar-refractivity contribution in [1.29, 1.82) is 0 Å². The van der Waals surface area contributed by atoms with E-state index < -0.39 is 0 Å². The number of hydrogen-bond donors (Lipinski definition) is 1. The van der Waals surface area contributed by atoms with Crippen molar-refractivity contribution < 1.29 is 0 Å². The van der Waals surface area contributed by atoms with Crippen LogP contribution in [-0.2, 0) is 0 Å². The van der Waals surface area contributed by atoms with Crippen LogP contribution in [0.3, 0.4) is 0 Å². The molecule has 1 unspecified atom stereocenters. The summed E-state index contributed by atoms with van der Waals surface area (Å²) in [6.07, 6.45) is 8.47. The zero-order valence-electron chi connectivity index (χ0n) is 12.0. The SMILES string of the molecule is CCCC(CS)CN1CCN(C2CCCC2)CC1. The summed E-state index contributed by atoms with van der Waals surface area (Å²) in [5.41, 5.74) is 0. The Labute approximate surface area is 119 Å². The number of rotatable bonds is 6. The average molecular weight is 270 g/mol. The van der Waals surface area contributed by atoms with Gasteiger partial charge in [-0.25, -0.2) is 0 Å². The molecular weight excluding hydrogens is 240 g/mol. The molecule has 2 fully saturated rings. The standard InChI is InChI=1S/C15H30N2S/c1-2-5-14(13-18)12-16-8-10-17(11-9-16)15-6-3-4-7-15/h14-15,18H,2-13H2,1H3. The Morgan fingerprint density at radius 3 is 2.33 bits per heavy atom. The summed E-state index contributed by atoms with van der Waals surface area (Å²) in [7, 11) is 0. The first-order valence-electron chi connectivity index (χ1n) is 7.90. The first-order valence-corrected chi connectivity index (χ1v) is 8.54. The molecule has 3 heteroatoms. The Balaban J connectivity index is 1.69. The normalized spacial score (nSPS) is 25.7. The van der Waals surface area contributed by atoms with Crippen molar-refractivity contribution in [1.82, 2.24) is 9.80 Å². The van der Waals surface area contributed by atoms with Gasteiger partial charge < -0.3 is 4.90 Å². The third-order valence-electron chi connectivity index (χ3n) is 4.72. The van der Waals surface area contributed by atoms with Crippen LogP contribution in [-0.4, -0.2) is 54.3 Å². The van der Waals surface area contributed by atoms with Gasteiger partial charge in [-0.2, -0.15) is 12.6 Å². The topological polar surface area (TPSA) is 6.48 Å². The van der Waals surface area contributed by atoms with Gasteiger partial charge >= 0.3 is 0 Å². The lowest BCUT2D eigenvalue weighted by Crippen LogP contribution is -2.50. The zero-order valence-corrected chi connectivity index (χ0v) is 12.9. The van der Waals surface area contributed by atoms with Crippen molar-refractivity contribution in [2.24, 2.45) is 5.92 Å². The van der Waals surface area contributed by atoms with Gasteiger partial charge in [0, 0.05) is 38.8 Å². The van der Waals surface area contributed by atoms with Gasteiger partial charge in [-0.3, -0.25) is 4.90 Å². The Morgan fingerprint density at radius 1 is 1.11 bits per heavy atom. The number of nitrogens with zero attached hydrogens (tertiary/aromatic N) is 2. The highest BCUT2D eigenvalue weighted by atomic mass is 32.1. The molecule has 1 saturated carbocycles. The molecule has 0 radical (unpaired) electrons. The molecule has 0 aromatic rings. The maximum absolute atomic E-state index is 4.50. The molecule has 0 N–H and O–H groups in total. The minimum atomic E-state index is 0.802. The van der Waals surface area contributed by atoms with E-state index in [1.54, 1.807) is 0 Å². The maximum Gasteiger partial charge on any atom is 0.0113 e. The Hall–Kier alpha value is 0.270. The van der Waals surface area contributed by atoms with Gasteiger partial charge in [-0.1, -0.05) is 26.2 Å². The molecular formula is C15H30N2S. The average Bonchev–Trinajstić information content (AvgIpc) is 2.93. The van der Waals surface area contributed by atoms with Gasteiger partial charge in [0.1, 0.15) is 0 Å². The lowest BCUT2D eigenvalue weighted by atomic mass is 10.0. The zero-order chi connectivity index (χ0) is 12.8. The lowest BCUT2D eigenvalue weighted by Gasteiger charge is -2.39. The second-order valence-corrected chi connectivity index (χ2v) is 6.48. The van der Waals surface area contributed by atoms with Crippen molar-refractivity contribution >= 4 is 12.6 Å². The molecule has 0 aromatic heterocycles. The summed E-state index contributed by atoms with van der Waals surface area (Å²) in [4.78, 5) is 5.42. The van der Waals surface area contributed by atoms with Gasteiger partial charge in [-0.15, -0.1) is 0 Å². The number of hydrogen-bond acceptors (Lipinski definition) is 3. The van der Waals surface area contributed by atoms with Crippen molar-refractivity contribution in [3.8, 4) is 0 Å². The molecule has 1 saturated heterocycles. The molecule has 0 bridgehead atoms. The molecule has 18 heavy (non-hydrogen) atoms. The predicted molar refractivity (Wildman–Crippen MR) is 82.5 cm³/mol. The lowest BCUT2D eigenvalue weighted by molar-refractivity contribution is 0.0887. The summed E-state index contributed by atoms with van der Waals surface area (Å²) in [6, 6.07) is 0.920. The van der Waals surface area contributed by atoms with E-state index in [-0.39, 0.29) is 0 Å². The molecule has 1 aliphatic carbocycles. The van der Waals surface area contributed by atoms with Gasteiger partial charge in [-0.05, 0) is 30.9 Å². The quantitative estimate of drug-likeness (QED) is 0.742. The summed E-state index contributed by atoms with van der Waals surface area (Å²) in [5.74, 6) is 1.85. The molecule has 1 aliphatic heterocycles. The summed E-state index contributed by atoms with van der Waals surface area (Å²) in [6.45, 7) is 8.73. The van der Waals surface area contributed by atoms with Crippen LogP contribution < -0.4 is 0 Å². The fourth-order valence-corrected chi connectivity index (χ4v) is 3.89. The molecule has 0 amide bonds. The van der Waals surface area contributed by atoms with Crippen LogP contribution >= 0.6 is 12.6 Å². The Bertz CT molecular complexity index is 221. The van der Waals surface area contributed by atoms with Gasteiger partial charge in [0.05, 0.1) is 0 Å². The third kappa shape index (κ3) is 4.14. The van der Waals surface area contributed by atoms with Crippen molar-refractivity contribution in [2.75, 3.05) is 38.5 Å². The van der Waals surface area contributed by atoms with E-state index in [0.29, 0.717) is 0 Å². The van der Waals surface area contributed by atoms with E-state index >= 15 is 0 Å². The van der Waals surface area contributed by atoms with E-state index in [4.69, 9.17) is 0 Å². The second-order valence-electron chi connectivity index (χ2n) is 6.11. The maximum atomic E-state index is 4.50. The van der Waals surface area contributed by atoms with Gasteiger partial charge in [0.25, 0.3) is 0 Å². The fraction of sp³-hybridized carbons (Fsp3) is 1.00. The van der Waals surface area contributed by atoms with Gasteiger partial charge in [0.2, 0.25) is 0 Å². The highest BCUT2D eigenvalue weighted by molar-refractivity contribution is 7.80. The number of piperazine rings is 1. The number of thiol groups is 1. The van der Waals surface area contributed by atoms with Crippen molar-refractivity contribution in [2.45, 2.75) is 51.5 Å². The van der Waals surface area contributed by atoms with E-state index in [9.17, 15) is 0 Å². The van der Waals surface area contributed by atoms with Crippen LogP contribution in [0.2, 0.25) is 0 Å². The molecule has 1 atom stereocenters. The molecule has 2 aliphatic rings. The van der Waals surface area contributed by atoms with Crippen LogP contribution in [0.1, 0.15) is 45.4 Å².